The number of carbonyl (C=O) groups excluding carboxylic acids is 2. The van der Waals surface area contributed by atoms with Crippen LogP contribution in [0, 0.1) is 5.82 Å². The van der Waals surface area contributed by atoms with Crippen molar-refractivity contribution in [2.75, 3.05) is 19.7 Å². The Bertz CT molecular complexity index is 1680. The minimum absolute atomic E-state index is 0.00491. The molecule has 0 bridgehead atoms. The number of rotatable bonds is 8. The molecular formula is C31H34FN5O5. The molecule has 3 heterocycles. The van der Waals surface area contributed by atoms with Crippen LogP contribution < -0.4 is 15.4 Å². The number of pyridine rings is 1. The van der Waals surface area contributed by atoms with Gasteiger partial charge in [0.2, 0.25) is 5.91 Å². The van der Waals surface area contributed by atoms with Crippen molar-refractivity contribution in [1.29, 1.82) is 0 Å². The summed E-state index contributed by atoms with van der Waals surface area (Å²) in [4.78, 5) is 31.1. The highest BCUT2D eigenvalue weighted by Crippen LogP contribution is 2.45. The van der Waals surface area contributed by atoms with Gasteiger partial charge in [-0.15, -0.1) is 0 Å². The van der Waals surface area contributed by atoms with Gasteiger partial charge in [0.25, 0.3) is 5.91 Å². The summed E-state index contributed by atoms with van der Waals surface area (Å²) in [5.41, 5.74) is -1.27. The van der Waals surface area contributed by atoms with E-state index in [4.69, 9.17) is 4.74 Å². The molecule has 2 aromatic carbocycles. The van der Waals surface area contributed by atoms with Crippen LogP contribution in [-0.4, -0.2) is 62.1 Å². The van der Waals surface area contributed by atoms with E-state index in [1.165, 1.54) is 19.1 Å². The van der Waals surface area contributed by atoms with Crippen molar-refractivity contribution in [1.82, 2.24) is 25.4 Å². The zero-order valence-corrected chi connectivity index (χ0v) is 24.2. The smallest absolute Gasteiger partial charge is 0.251 e. The lowest BCUT2D eigenvalue weighted by molar-refractivity contribution is -0.127. The first-order valence-electron chi connectivity index (χ1n) is 13.6. The molecule has 0 radical (unpaired) electrons. The molecule has 2 atom stereocenters. The van der Waals surface area contributed by atoms with Crippen molar-refractivity contribution in [3.8, 4) is 17.0 Å². The highest BCUT2D eigenvalue weighted by molar-refractivity contribution is 5.98. The van der Waals surface area contributed by atoms with Crippen LogP contribution in [0.5, 0.6) is 5.75 Å². The van der Waals surface area contributed by atoms with Crippen LogP contribution in [0.15, 0.2) is 54.7 Å². The number of fused-ring (bicyclic) bond motifs is 2. The molecular weight excluding hydrogens is 541 g/mol. The largest absolute Gasteiger partial charge is 0.489 e. The number of hydrogen-bond donors (Lipinski definition) is 4. The molecule has 0 saturated heterocycles. The predicted molar refractivity (Wildman–Crippen MR) is 154 cm³/mol. The van der Waals surface area contributed by atoms with E-state index < -0.39 is 22.4 Å². The fourth-order valence-corrected chi connectivity index (χ4v) is 4.88. The quantitative estimate of drug-likeness (QED) is 0.253. The second kappa shape index (κ2) is 10.5. The third-order valence-corrected chi connectivity index (χ3v) is 7.40. The second-order valence-corrected chi connectivity index (χ2v) is 11.9. The number of ether oxygens (including phenoxy) is 1. The van der Waals surface area contributed by atoms with E-state index >= 15 is 0 Å². The molecule has 1 aliphatic heterocycles. The summed E-state index contributed by atoms with van der Waals surface area (Å²) in [5.74, 6) is -0.845. The summed E-state index contributed by atoms with van der Waals surface area (Å²) in [7, 11) is 1.80. The van der Waals surface area contributed by atoms with E-state index in [9.17, 15) is 24.2 Å². The van der Waals surface area contributed by atoms with Gasteiger partial charge in [0.15, 0.2) is 0 Å². The lowest BCUT2D eigenvalue weighted by Crippen LogP contribution is -2.48. The number of aliphatic hydroxyl groups is 2. The predicted octanol–water partition coefficient (Wildman–Crippen LogP) is 2.95. The molecule has 4 N–H and O–H groups in total. The minimum atomic E-state index is -1.66. The zero-order chi connectivity index (χ0) is 30.4. The second-order valence-electron chi connectivity index (χ2n) is 11.9. The van der Waals surface area contributed by atoms with Crippen LogP contribution in [0.1, 0.15) is 49.3 Å². The summed E-state index contributed by atoms with van der Waals surface area (Å²) in [6.45, 7) is 6.23. The van der Waals surface area contributed by atoms with Gasteiger partial charge in [0, 0.05) is 41.9 Å². The molecule has 0 saturated carbocycles. The van der Waals surface area contributed by atoms with E-state index in [0.29, 0.717) is 28.1 Å². The maximum atomic E-state index is 13.7. The number of aryl methyl sites for hydroxylation is 1. The number of benzene rings is 2. The summed E-state index contributed by atoms with van der Waals surface area (Å²) < 4.78 is 21.4. The number of amides is 2. The Balaban J connectivity index is 1.48. The van der Waals surface area contributed by atoms with Gasteiger partial charge in [-0.2, -0.15) is 5.10 Å². The van der Waals surface area contributed by atoms with Crippen LogP contribution in [0.3, 0.4) is 0 Å². The number of halogens is 1. The fraction of sp³-hybridized carbons (Fsp3) is 0.355. The molecule has 0 aliphatic carbocycles. The number of hydrogen-bond acceptors (Lipinski definition) is 7. The summed E-state index contributed by atoms with van der Waals surface area (Å²) in [6.07, 6.45) is 1.81. The first kappa shape index (κ1) is 29.2. The van der Waals surface area contributed by atoms with Gasteiger partial charge < -0.3 is 25.6 Å². The van der Waals surface area contributed by atoms with E-state index in [0.717, 1.165) is 10.9 Å². The number of nitrogens with one attached hydrogen (secondary N) is 2. The molecule has 42 heavy (non-hydrogen) atoms. The van der Waals surface area contributed by atoms with Gasteiger partial charge in [-0.3, -0.25) is 14.3 Å². The van der Waals surface area contributed by atoms with Crippen molar-refractivity contribution in [2.24, 2.45) is 7.05 Å². The maximum absolute atomic E-state index is 13.7. The molecule has 10 nitrogen and oxygen atoms in total. The van der Waals surface area contributed by atoms with Crippen LogP contribution >= 0.6 is 0 Å². The Kier molecular flexibility index (Phi) is 7.28. The Morgan fingerprint density at radius 2 is 1.79 bits per heavy atom. The fourth-order valence-electron chi connectivity index (χ4n) is 4.88. The molecule has 2 aromatic heterocycles. The van der Waals surface area contributed by atoms with Crippen molar-refractivity contribution >= 4 is 22.7 Å². The SMILES string of the molecule is Cn1cc2cc(C(=O)NC[C@](C)(O)c3cc4c(c(-c5ccc(F)cc5)n3)OC[C@]4(C)C(=O)NCC(C)(C)O)ccc2n1. The number of nitrogens with zero attached hydrogens (tertiary/aromatic N) is 3. The first-order valence-corrected chi connectivity index (χ1v) is 13.6. The Morgan fingerprint density at radius 3 is 2.48 bits per heavy atom. The highest BCUT2D eigenvalue weighted by atomic mass is 19.1. The van der Waals surface area contributed by atoms with Gasteiger partial charge in [-0.25, -0.2) is 9.37 Å². The third kappa shape index (κ3) is 5.70. The molecule has 0 unspecified atom stereocenters. The Labute approximate surface area is 242 Å². The van der Waals surface area contributed by atoms with E-state index in [-0.39, 0.29) is 37.2 Å². The number of carbonyl (C=O) groups is 2. The molecule has 5 rings (SSSR count). The van der Waals surface area contributed by atoms with E-state index in [1.807, 2.05) is 6.20 Å². The number of aromatic nitrogens is 3. The van der Waals surface area contributed by atoms with E-state index in [1.54, 1.807) is 68.9 Å². The average molecular weight is 576 g/mol. The molecule has 0 fully saturated rings. The maximum Gasteiger partial charge on any atom is 0.251 e. The topological polar surface area (TPSA) is 139 Å². The first-order chi connectivity index (χ1) is 19.7. The highest BCUT2D eigenvalue weighted by Gasteiger charge is 2.46. The van der Waals surface area contributed by atoms with Gasteiger partial charge in [-0.05, 0) is 76.2 Å². The van der Waals surface area contributed by atoms with Gasteiger partial charge in [-0.1, -0.05) is 0 Å². The molecule has 11 heteroatoms. The van der Waals surface area contributed by atoms with Crippen molar-refractivity contribution in [2.45, 2.75) is 44.3 Å². The van der Waals surface area contributed by atoms with Crippen LogP contribution in [-0.2, 0) is 22.9 Å². The van der Waals surface area contributed by atoms with Crippen LogP contribution in [0.4, 0.5) is 4.39 Å². The van der Waals surface area contributed by atoms with Gasteiger partial charge >= 0.3 is 0 Å². The zero-order valence-electron chi connectivity index (χ0n) is 24.2. The Morgan fingerprint density at radius 1 is 1.07 bits per heavy atom. The summed E-state index contributed by atoms with van der Waals surface area (Å²) in [5, 5.41) is 32.4. The van der Waals surface area contributed by atoms with Crippen LogP contribution in [0.25, 0.3) is 22.2 Å². The van der Waals surface area contributed by atoms with Crippen molar-refractivity contribution in [3.63, 3.8) is 0 Å². The normalized spacial score (nSPS) is 17.8. The summed E-state index contributed by atoms with van der Waals surface area (Å²) in [6, 6.07) is 12.4. The standard InChI is InChI=1S/C31H34FN5O5/c1-29(2,40)15-34-28(39)30(3)17-42-26-22(30)13-24(35-25(26)18-6-9-21(32)10-7-18)31(4,41)16-33-27(38)19-8-11-23-20(12-19)14-37(5)36-23/h6-14,40-41H,15-17H2,1-5H3,(H,33,38)(H,34,39)/t30-,31-/m0/s1. The summed E-state index contributed by atoms with van der Waals surface area (Å²) >= 11 is 0. The van der Waals surface area contributed by atoms with Gasteiger partial charge in [0.05, 0.1) is 23.4 Å². The molecule has 220 valence electrons. The Hall–Kier alpha value is -4.35. The van der Waals surface area contributed by atoms with Crippen molar-refractivity contribution < 1.29 is 28.9 Å². The monoisotopic (exact) mass is 575 g/mol. The van der Waals surface area contributed by atoms with Crippen molar-refractivity contribution in [3.05, 3.63) is 77.4 Å². The molecule has 2 amide bonds. The molecule has 1 aliphatic rings. The van der Waals surface area contributed by atoms with Crippen LogP contribution in [0.2, 0.25) is 0 Å². The lowest BCUT2D eigenvalue weighted by Gasteiger charge is -2.28. The lowest BCUT2D eigenvalue weighted by atomic mass is 9.81. The molecule has 4 aromatic rings. The third-order valence-electron chi connectivity index (χ3n) is 7.40. The molecule has 0 spiro atoms. The minimum Gasteiger partial charge on any atom is -0.489 e. The van der Waals surface area contributed by atoms with E-state index in [2.05, 4.69) is 20.7 Å². The van der Waals surface area contributed by atoms with Gasteiger partial charge in [0.1, 0.15) is 34.9 Å². The average Bonchev–Trinajstić information content (AvgIpc) is 3.49.